The van der Waals surface area contributed by atoms with Crippen molar-refractivity contribution in [1.29, 1.82) is 0 Å². The lowest BCUT2D eigenvalue weighted by atomic mass is 10.1. The molecule has 2 N–H and O–H groups in total. The number of aromatic hydroxyl groups is 1. The average molecular weight is 229 g/mol. The first-order valence-electron chi connectivity index (χ1n) is 5.04. The average Bonchev–Trinajstić information content (AvgIpc) is 2.39. The summed E-state index contributed by atoms with van der Waals surface area (Å²) in [4.78, 5) is 19.1. The van der Waals surface area contributed by atoms with Gasteiger partial charge in [0.1, 0.15) is 0 Å². The van der Waals surface area contributed by atoms with Crippen molar-refractivity contribution in [1.82, 2.24) is 15.3 Å². The fraction of sp³-hybridized carbons (Fsp3) is 0.0833. The SMILES string of the molecule is CNC(=O)c1ccc(-c2cnc(O)cn2)cc1. The molecule has 2 aromatic rings. The molecule has 0 unspecified atom stereocenters. The van der Waals surface area contributed by atoms with Crippen LogP contribution in [0.1, 0.15) is 10.4 Å². The standard InChI is InChI=1S/C12H11N3O2/c1-13-12(17)9-4-2-8(3-5-9)10-6-15-11(16)7-14-10/h2-7H,1H3,(H,13,17)(H,15,16). The number of aromatic nitrogens is 2. The van der Waals surface area contributed by atoms with Crippen LogP contribution in [0.15, 0.2) is 36.7 Å². The fourth-order valence-corrected chi connectivity index (χ4v) is 1.41. The van der Waals surface area contributed by atoms with Crippen LogP contribution in [0, 0.1) is 0 Å². The van der Waals surface area contributed by atoms with Gasteiger partial charge in [0.25, 0.3) is 5.91 Å². The van der Waals surface area contributed by atoms with Crippen molar-refractivity contribution < 1.29 is 9.90 Å². The second kappa shape index (κ2) is 4.61. The number of nitrogens with zero attached hydrogens (tertiary/aromatic N) is 2. The molecule has 86 valence electrons. The highest BCUT2D eigenvalue weighted by molar-refractivity contribution is 5.94. The Hall–Kier alpha value is -2.43. The smallest absolute Gasteiger partial charge is 0.251 e. The van der Waals surface area contributed by atoms with E-state index < -0.39 is 0 Å². The van der Waals surface area contributed by atoms with E-state index in [1.54, 1.807) is 31.3 Å². The van der Waals surface area contributed by atoms with Crippen LogP contribution in [0.2, 0.25) is 0 Å². The maximum absolute atomic E-state index is 11.3. The molecule has 0 aliphatic carbocycles. The molecule has 0 bridgehead atoms. The van der Waals surface area contributed by atoms with Crippen LogP contribution in [0.3, 0.4) is 0 Å². The van der Waals surface area contributed by atoms with E-state index >= 15 is 0 Å². The van der Waals surface area contributed by atoms with Crippen LogP contribution in [-0.2, 0) is 0 Å². The van der Waals surface area contributed by atoms with Crippen molar-refractivity contribution in [2.45, 2.75) is 0 Å². The van der Waals surface area contributed by atoms with Gasteiger partial charge >= 0.3 is 0 Å². The number of benzene rings is 1. The largest absolute Gasteiger partial charge is 0.492 e. The highest BCUT2D eigenvalue weighted by Gasteiger charge is 2.04. The van der Waals surface area contributed by atoms with Gasteiger partial charge in [-0.25, -0.2) is 9.97 Å². The summed E-state index contributed by atoms with van der Waals surface area (Å²) in [7, 11) is 1.59. The number of carbonyl (C=O) groups is 1. The molecule has 0 saturated carbocycles. The van der Waals surface area contributed by atoms with Crippen LogP contribution >= 0.6 is 0 Å². The van der Waals surface area contributed by atoms with Crippen LogP contribution in [0.5, 0.6) is 5.88 Å². The van der Waals surface area contributed by atoms with E-state index in [1.165, 1.54) is 12.4 Å². The van der Waals surface area contributed by atoms with Gasteiger partial charge in [-0.1, -0.05) is 12.1 Å². The zero-order valence-electron chi connectivity index (χ0n) is 9.21. The summed E-state index contributed by atoms with van der Waals surface area (Å²) < 4.78 is 0. The maximum Gasteiger partial charge on any atom is 0.251 e. The summed E-state index contributed by atoms with van der Waals surface area (Å²) in [6, 6.07) is 6.99. The van der Waals surface area contributed by atoms with E-state index in [9.17, 15) is 4.79 Å². The molecule has 5 heteroatoms. The van der Waals surface area contributed by atoms with Crippen LogP contribution < -0.4 is 5.32 Å². The molecule has 0 aliphatic rings. The number of amides is 1. The van der Waals surface area contributed by atoms with E-state index in [-0.39, 0.29) is 11.8 Å². The lowest BCUT2D eigenvalue weighted by Gasteiger charge is -2.02. The van der Waals surface area contributed by atoms with Gasteiger partial charge < -0.3 is 10.4 Å². The van der Waals surface area contributed by atoms with Gasteiger partial charge in [-0.05, 0) is 12.1 Å². The monoisotopic (exact) mass is 229 g/mol. The molecule has 0 fully saturated rings. The van der Waals surface area contributed by atoms with Crippen molar-refractivity contribution in [3.8, 4) is 17.1 Å². The number of hydrogen-bond acceptors (Lipinski definition) is 4. The normalized spacial score (nSPS) is 9.94. The minimum atomic E-state index is -0.131. The molecule has 17 heavy (non-hydrogen) atoms. The molecule has 1 amide bonds. The van der Waals surface area contributed by atoms with Crippen LogP contribution in [0.25, 0.3) is 11.3 Å². The van der Waals surface area contributed by atoms with Crippen LogP contribution in [0.4, 0.5) is 0 Å². The summed E-state index contributed by atoms with van der Waals surface area (Å²) in [6.45, 7) is 0. The molecule has 0 atom stereocenters. The lowest BCUT2D eigenvalue weighted by molar-refractivity contribution is 0.0963. The Balaban J connectivity index is 2.29. The first-order valence-corrected chi connectivity index (χ1v) is 5.04. The molecular weight excluding hydrogens is 218 g/mol. The van der Waals surface area contributed by atoms with E-state index in [0.29, 0.717) is 11.3 Å². The van der Waals surface area contributed by atoms with Gasteiger partial charge in [-0.3, -0.25) is 4.79 Å². The van der Waals surface area contributed by atoms with E-state index in [0.717, 1.165) is 5.56 Å². The highest BCUT2D eigenvalue weighted by Crippen LogP contribution is 2.17. The van der Waals surface area contributed by atoms with Crippen molar-refractivity contribution >= 4 is 5.91 Å². The Morgan fingerprint density at radius 3 is 2.41 bits per heavy atom. The van der Waals surface area contributed by atoms with Gasteiger partial charge in [0.2, 0.25) is 5.88 Å². The van der Waals surface area contributed by atoms with Gasteiger partial charge in [0.15, 0.2) is 0 Å². The zero-order valence-corrected chi connectivity index (χ0v) is 9.21. The van der Waals surface area contributed by atoms with Gasteiger partial charge in [-0.15, -0.1) is 0 Å². The van der Waals surface area contributed by atoms with Crippen molar-refractivity contribution in [2.75, 3.05) is 7.05 Å². The van der Waals surface area contributed by atoms with Crippen molar-refractivity contribution in [3.63, 3.8) is 0 Å². The first-order chi connectivity index (χ1) is 8.20. The summed E-state index contributed by atoms with van der Waals surface area (Å²) in [5.41, 5.74) is 2.07. The topological polar surface area (TPSA) is 75.1 Å². The third-order valence-electron chi connectivity index (χ3n) is 2.31. The van der Waals surface area contributed by atoms with Crippen LogP contribution in [-0.4, -0.2) is 28.0 Å². The molecule has 1 aromatic carbocycles. The van der Waals surface area contributed by atoms with Crippen molar-refractivity contribution in [3.05, 3.63) is 42.2 Å². The predicted molar refractivity (Wildman–Crippen MR) is 62.5 cm³/mol. The fourth-order valence-electron chi connectivity index (χ4n) is 1.41. The Labute approximate surface area is 98.2 Å². The third-order valence-corrected chi connectivity index (χ3v) is 2.31. The summed E-state index contributed by atoms with van der Waals surface area (Å²) in [5.74, 6) is -0.246. The second-order valence-electron chi connectivity index (χ2n) is 3.42. The molecule has 0 radical (unpaired) electrons. The number of carbonyl (C=O) groups excluding carboxylic acids is 1. The molecule has 5 nitrogen and oxygen atoms in total. The highest BCUT2D eigenvalue weighted by atomic mass is 16.3. The lowest BCUT2D eigenvalue weighted by Crippen LogP contribution is -2.17. The van der Waals surface area contributed by atoms with E-state index in [4.69, 9.17) is 5.11 Å². The molecule has 1 heterocycles. The van der Waals surface area contributed by atoms with Gasteiger partial charge in [0, 0.05) is 18.2 Å². The molecule has 1 aromatic heterocycles. The quantitative estimate of drug-likeness (QED) is 0.811. The van der Waals surface area contributed by atoms with E-state index in [1.807, 2.05) is 0 Å². The first kappa shape index (κ1) is 11.1. The summed E-state index contributed by atoms with van der Waals surface area (Å²) >= 11 is 0. The van der Waals surface area contributed by atoms with E-state index in [2.05, 4.69) is 15.3 Å². The Bertz CT molecular complexity index is 520. The van der Waals surface area contributed by atoms with Gasteiger partial charge in [0.05, 0.1) is 18.1 Å². The Kier molecular flexibility index (Phi) is 3.00. The Morgan fingerprint density at radius 2 is 1.88 bits per heavy atom. The Morgan fingerprint density at radius 1 is 1.18 bits per heavy atom. The van der Waals surface area contributed by atoms with Crippen molar-refractivity contribution in [2.24, 2.45) is 0 Å². The minimum Gasteiger partial charge on any atom is -0.492 e. The molecular formula is C12H11N3O2. The molecule has 2 rings (SSSR count). The molecule has 0 spiro atoms. The second-order valence-corrected chi connectivity index (χ2v) is 3.42. The van der Waals surface area contributed by atoms with Gasteiger partial charge in [-0.2, -0.15) is 0 Å². The minimum absolute atomic E-state index is 0.115. The zero-order chi connectivity index (χ0) is 12.3. The molecule has 0 aliphatic heterocycles. The molecule has 0 saturated heterocycles. The number of hydrogen-bond donors (Lipinski definition) is 2. The number of nitrogens with one attached hydrogen (secondary N) is 1. The number of rotatable bonds is 2. The predicted octanol–water partition coefficient (Wildman–Crippen LogP) is 1.21. The maximum atomic E-state index is 11.3. The third kappa shape index (κ3) is 2.39. The summed E-state index contributed by atoms with van der Waals surface area (Å²) in [6.07, 6.45) is 2.76. The summed E-state index contributed by atoms with van der Waals surface area (Å²) in [5, 5.41) is 11.6.